The van der Waals surface area contributed by atoms with Crippen LogP contribution in [0.3, 0.4) is 0 Å². The molecule has 1 saturated carbocycles. The van der Waals surface area contributed by atoms with Crippen LogP contribution in [0.15, 0.2) is 53.4 Å². The van der Waals surface area contributed by atoms with E-state index in [1.807, 2.05) is 12.1 Å². The van der Waals surface area contributed by atoms with Crippen LogP contribution >= 0.6 is 0 Å². The van der Waals surface area contributed by atoms with Crippen molar-refractivity contribution < 1.29 is 22.6 Å². The number of rotatable bonds is 6. The molecule has 8 heteroatoms. The van der Waals surface area contributed by atoms with Gasteiger partial charge in [0.25, 0.3) is 0 Å². The van der Waals surface area contributed by atoms with Crippen LogP contribution in [0.2, 0.25) is 0 Å². The fraction of sp³-hybridized carbons (Fsp3) is 0.538. The Morgan fingerprint density at radius 1 is 0.941 bits per heavy atom. The summed E-state index contributed by atoms with van der Waals surface area (Å²) >= 11 is 0. The molecule has 0 N–H and O–H groups in total. The van der Waals surface area contributed by atoms with Gasteiger partial charge < -0.3 is 14.2 Å². The highest BCUT2D eigenvalue weighted by Gasteiger charge is 2.59. The van der Waals surface area contributed by atoms with Gasteiger partial charge in [-0.25, -0.2) is 8.42 Å². The van der Waals surface area contributed by atoms with Crippen molar-refractivity contribution in [3.63, 3.8) is 0 Å². The summed E-state index contributed by atoms with van der Waals surface area (Å²) in [5.74, 6) is 1.66. The second kappa shape index (κ2) is 9.49. The van der Waals surface area contributed by atoms with Gasteiger partial charge in [0.1, 0.15) is 17.2 Å². The lowest BCUT2D eigenvalue weighted by Gasteiger charge is -2.54. The predicted molar refractivity (Wildman–Crippen MR) is 129 cm³/mol. The number of benzene rings is 2. The highest BCUT2D eigenvalue weighted by molar-refractivity contribution is 7.89. The lowest BCUT2D eigenvalue weighted by molar-refractivity contribution is -0.166. The predicted octanol–water partition coefficient (Wildman–Crippen LogP) is 3.89. The van der Waals surface area contributed by atoms with Crippen molar-refractivity contribution >= 4 is 10.0 Å². The van der Waals surface area contributed by atoms with E-state index in [2.05, 4.69) is 17.0 Å². The average molecular weight is 487 g/mol. The van der Waals surface area contributed by atoms with Gasteiger partial charge in [-0.1, -0.05) is 25.0 Å². The third-order valence-electron chi connectivity index (χ3n) is 7.80. The van der Waals surface area contributed by atoms with Crippen LogP contribution in [0.5, 0.6) is 11.5 Å². The molecule has 3 unspecified atom stereocenters. The molecule has 0 radical (unpaired) electrons. The van der Waals surface area contributed by atoms with Crippen LogP contribution in [-0.4, -0.2) is 63.3 Å². The Morgan fingerprint density at radius 2 is 1.59 bits per heavy atom. The molecule has 2 saturated heterocycles. The summed E-state index contributed by atoms with van der Waals surface area (Å²) in [6, 6.07) is 15.2. The first kappa shape index (κ1) is 23.6. The number of nitrogens with zero attached hydrogens (tertiary/aromatic N) is 2. The molecule has 3 aliphatic rings. The maximum Gasteiger partial charge on any atom is 0.245 e. The van der Waals surface area contributed by atoms with Crippen LogP contribution in [-0.2, 0) is 21.3 Å². The van der Waals surface area contributed by atoms with E-state index < -0.39 is 15.7 Å². The Balaban J connectivity index is 1.42. The van der Waals surface area contributed by atoms with Crippen molar-refractivity contribution in [3.8, 4) is 11.5 Å². The Labute approximate surface area is 202 Å². The first-order chi connectivity index (χ1) is 16.5. The number of methoxy groups -OCH3 is 2. The van der Waals surface area contributed by atoms with Gasteiger partial charge in [0.05, 0.1) is 25.7 Å². The molecule has 2 aromatic carbocycles. The molecule has 2 aliphatic heterocycles. The molecule has 1 aliphatic carbocycles. The molecule has 2 aromatic rings. The highest BCUT2D eigenvalue weighted by atomic mass is 32.2. The summed E-state index contributed by atoms with van der Waals surface area (Å²) in [5.41, 5.74) is 0.483. The van der Waals surface area contributed by atoms with E-state index >= 15 is 0 Å². The molecule has 3 fully saturated rings. The van der Waals surface area contributed by atoms with E-state index in [1.165, 1.54) is 12.0 Å². The van der Waals surface area contributed by atoms with Crippen molar-refractivity contribution in [2.24, 2.45) is 5.92 Å². The van der Waals surface area contributed by atoms with Crippen LogP contribution in [0.4, 0.5) is 0 Å². The number of hydrogen-bond acceptors (Lipinski definition) is 6. The quantitative estimate of drug-likeness (QED) is 0.617. The number of hydrogen-bond donors (Lipinski definition) is 0. The van der Waals surface area contributed by atoms with Gasteiger partial charge in [0, 0.05) is 38.0 Å². The minimum absolute atomic E-state index is 0.156. The largest absolute Gasteiger partial charge is 0.497 e. The fourth-order valence-corrected chi connectivity index (χ4v) is 7.88. The molecule has 0 aromatic heterocycles. The molecular weight excluding hydrogens is 452 g/mol. The molecule has 7 nitrogen and oxygen atoms in total. The van der Waals surface area contributed by atoms with Crippen molar-refractivity contribution in [1.82, 2.24) is 9.21 Å². The lowest BCUT2D eigenvalue weighted by Crippen LogP contribution is -2.64. The van der Waals surface area contributed by atoms with Gasteiger partial charge in [0.2, 0.25) is 10.0 Å². The van der Waals surface area contributed by atoms with E-state index in [0.29, 0.717) is 36.3 Å². The molecule has 2 heterocycles. The van der Waals surface area contributed by atoms with Gasteiger partial charge in [-0.05, 0) is 54.8 Å². The zero-order valence-corrected chi connectivity index (χ0v) is 20.8. The zero-order chi connectivity index (χ0) is 23.8. The third kappa shape index (κ3) is 4.11. The summed E-state index contributed by atoms with van der Waals surface area (Å²) in [6.45, 7) is 2.50. The van der Waals surface area contributed by atoms with Crippen molar-refractivity contribution in [3.05, 3.63) is 54.1 Å². The molecule has 3 atom stereocenters. The first-order valence-electron chi connectivity index (χ1n) is 12.2. The van der Waals surface area contributed by atoms with Gasteiger partial charge in [-0.2, -0.15) is 4.31 Å². The Kier molecular flexibility index (Phi) is 6.59. The number of likely N-dealkylation sites (tertiary alicyclic amines) is 1. The Hall–Kier alpha value is -2.13. The van der Waals surface area contributed by atoms with Crippen LogP contribution in [0.25, 0.3) is 0 Å². The van der Waals surface area contributed by atoms with Gasteiger partial charge in [-0.3, -0.25) is 4.90 Å². The summed E-state index contributed by atoms with van der Waals surface area (Å²) in [6.07, 6.45) is 5.02. The van der Waals surface area contributed by atoms with Crippen LogP contribution in [0, 0.1) is 5.92 Å². The van der Waals surface area contributed by atoms with Gasteiger partial charge in [-0.15, -0.1) is 0 Å². The Bertz CT molecular complexity index is 1090. The number of piperidine rings is 1. The molecule has 34 heavy (non-hydrogen) atoms. The number of ether oxygens (including phenoxy) is 3. The van der Waals surface area contributed by atoms with Gasteiger partial charge >= 0.3 is 0 Å². The molecule has 5 rings (SSSR count). The second-order valence-electron chi connectivity index (χ2n) is 9.47. The lowest BCUT2D eigenvalue weighted by atomic mass is 9.73. The summed E-state index contributed by atoms with van der Waals surface area (Å²) in [7, 11) is -0.427. The maximum atomic E-state index is 13.8. The highest BCUT2D eigenvalue weighted by Crippen LogP contribution is 2.49. The molecule has 1 spiro atoms. The van der Waals surface area contributed by atoms with E-state index in [-0.39, 0.29) is 5.92 Å². The average Bonchev–Trinajstić information content (AvgIpc) is 3.32. The second-order valence-corrected chi connectivity index (χ2v) is 11.3. The fourth-order valence-electron chi connectivity index (χ4n) is 6.15. The van der Waals surface area contributed by atoms with Crippen molar-refractivity contribution in [1.29, 1.82) is 0 Å². The standard InChI is InChI=1S/C26H34N2O5S/c1-31-21-9-7-20(8-10-21)19-27-16-15-26(24-5-3-4-6-25(24)27)28(17-18-33-26)34(29,30)23-13-11-22(32-2)12-14-23/h7-14,24-25H,3-6,15-19H2,1-2H3. The first-order valence-corrected chi connectivity index (χ1v) is 13.6. The SMILES string of the molecule is COc1ccc(CN2CCC3(OCCN3S(=O)(=O)c3ccc(OC)cc3)C3CCCCC32)cc1. The molecular formula is C26H34N2O5S. The van der Waals surface area contributed by atoms with Crippen molar-refractivity contribution in [2.45, 2.75) is 55.3 Å². The molecule has 0 bridgehead atoms. The topological polar surface area (TPSA) is 68.3 Å². The smallest absolute Gasteiger partial charge is 0.245 e. The van der Waals surface area contributed by atoms with E-state index in [0.717, 1.165) is 38.1 Å². The summed E-state index contributed by atoms with van der Waals surface area (Å²) in [5, 5.41) is 0. The molecule has 184 valence electrons. The van der Waals surface area contributed by atoms with E-state index in [4.69, 9.17) is 14.2 Å². The van der Waals surface area contributed by atoms with E-state index in [9.17, 15) is 8.42 Å². The van der Waals surface area contributed by atoms with E-state index in [1.54, 1.807) is 42.8 Å². The molecule has 0 amide bonds. The van der Waals surface area contributed by atoms with Crippen LogP contribution in [0.1, 0.15) is 37.7 Å². The van der Waals surface area contributed by atoms with Crippen molar-refractivity contribution in [2.75, 3.05) is 33.9 Å². The zero-order valence-electron chi connectivity index (χ0n) is 20.0. The summed E-state index contributed by atoms with van der Waals surface area (Å²) < 4.78 is 46.2. The normalized spacial score (nSPS) is 28.1. The third-order valence-corrected chi connectivity index (χ3v) is 9.74. The number of fused-ring (bicyclic) bond motifs is 2. The summed E-state index contributed by atoms with van der Waals surface area (Å²) in [4.78, 5) is 2.84. The number of sulfonamides is 1. The Morgan fingerprint density at radius 3 is 2.26 bits per heavy atom. The monoisotopic (exact) mass is 486 g/mol. The van der Waals surface area contributed by atoms with Crippen LogP contribution < -0.4 is 9.47 Å². The maximum absolute atomic E-state index is 13.8. The van der Waals surface area contributed by atoms with Gasteiger partial charge in [0.15, 0.2) is 0 Å². The minimum Gasteiger partial charge on any atom is -0.497 e. The minimum atomic E-state index is -3.69.